The zero-order chi connectivity index (χ0) is 14.3. The van der Waals surface area contributed by atoms with Crippen LogP contribution in [0, 0.1) is 13.8 Å². The lowest BCUT2D eigenvalue weighted by molar-refractivity contribution is 0.354. The highest BCUT2D eigenvalue weighted by Crippen LogP contribution is 2.43. The fraction of sp³-hybridized carbons (Fsp3) is 0.294. The van der Waals surface area contributed by atoms with E-state index in [1.54, 1.807) is 0 Å². The second-order valence-electron chi connectivity index (χ2n) is 5.30. The van der Waals surface area contributed by atoms with E-state index in [0.717, 1.165) is 29.4 Å². The summed E-state index contributed by atoms with van der Waals surface area (Å²) in [7, 11) is 0. The van der Waals surface area contributed by atoms with Gasteiger partial charge in [-0.2, -0.15) is 0 Å². The molecular weight excluding hydrogens is 336 g/mol. The van der Waals surface area contributed by atoms with E-state index < -0.39 is 0 Å². The summed E-state index contributed by atoms with van der Waals surface area (Å²) in [6.45, 7) is 5.00. The maximum absolute atomic E-state index is 6.25. The van der Waals surface area contributed by atoms with Crippen LogP contribution in [0.5, 0.6) is 5.75 Å². The third-order valence-corrected chi connectivity index (χ3v) is 4.95. The van der Waals surface area contributed by atoms with Crippen molar-refractivity contribution in [2.45, 2.75) is 25.1 Å². The molecule has 0 fully saturated rings. The molecule has 1 atom stereocenters. The summed E-state index contributed by atoms with van der Waals surface area (Å²) in [4.78, 5) is 0.105. The van der Waals surface area contributed by atoms with Crippen molar-refractivity contribution in [3.8, 4) is 5.75 Å². The number of hydrogen-bond acceptors (Lipinski definition) is 1. The second kappa shape index (κ2) is 5.42. The number of rotatable bonds is 2. The van der Waals surface area contributed by atoms with Crippen molar-refractivity contribution in [2.24, 2.45) is 0 Å². The van der Waals surface area contributed by atoms with Gasteiger partial charge in [0, 0.05) is 17.0 Å². The molecule has 0 radical (unpaired) electrons. The molecular formula is C17H16BrClO. The topological polar surface area (TPSA) is 9.23 Å². The van der Waals surface area contributed by atoms with Crippen molar-refractivity contribution in [3.05, 3.63) is 63.2 Å². The molecule has 20 heavy (non-hydrogen) atoms. The number of alkyl halides is 1. The normalized spacial score (nSPS) is 14.8. The third kappa shape index (κ3) is 2.47. The molecule has 0 amide bonds. The minimum absolute atomic E-state index is 0.105. The fourth-order valence-corrected chi connectivity index (χ4v) is 3.87. The van der Waals surface area contributed by atoms with Gasteiger partial charge >= 0.3 is 0 Å². The summed E-state index contributed by atoms with van der Waals surface area (Å²) in [5.41, 5.74) is 6.14. The Kier molecular flexibility index (Phi) is 3.78. The SMILES string of the molecule is Cc1ccc(C(Br)c2cc(Cl)cc3c2OCC3)c(C)c1. The Morgan fingerprint density at radius 1 is 1.15 bits per heavy atom. The van der Waals surface area contributed by atoms with Gasteiger partial charge in [-0.1, -0.05) is 51.3 Å². The van der Waals surface area contributed by atoms with Crippen molar-refractivity contribution in [1.29, 1.82) is 0 Å². The standard InChI is InChI=1S/C17H16BrClO/c1-10-3-4-14(11(2)7-10)16(18)15-9-13(19)8-12-5-6-20-17(12)15/h3-4,7-9,16H,5-6H2,1-2H3. The van der Waals surface area contributed by atoms with Crippen LogP contribution in [0.25, 0.3) is 0 Å². The summed E-state index contributed by atoms with van der Waals surface area (Å²) in [5, 5.41) is 0.776. The predicted octanol–water partition coefficient (Wildman–Crippen LogP) is 5.38. The lowest BCUT2D eigenvalue weighted by atomic mass is 9.97. The fourth-order valence-electron chi connectivity index (χ4n) is 2.76. The highest BCUT2D eigenvalue weighted by Gasteiger charge is 2.23. The highest BCUT2D eigenvalue weighted by molar-refractivity contribution is 9.09. The van der Waals surface area contributed by atoms with Gasteiger partial charge in [-0.25, -0.2) is 0 Å². The molecule has 1 unspecified atom stereocenters. The van der Waals surface area contributed by atoms with Crippen LogP contribution in [0.15, 0.2) is 30.3 Å². The predicted molar refractivity (Wildman–Crippen MR) is 87.3 cm³/mol. The molecule has 0 saturated heterocycles. The van der Waals surface area contributed by atoms with Crippen molar-refractivity contribution in [2.75, 3.05) is 6.61 Å². The van der Waals surface area contributed by atoms with E-state index in [1.165, 1.54) is 22.3 Å². The Hall–Kier alpha value is -0.990. The van der Waals surface area contributed by atoms with Crippen LogP contribution in [-0.4, -0.2) is 6.61 Å². The molecule has 2 aromatic carbocycles. The molecule has 3 rings (SSSR count). The van der Waals surface area contributed by atoms with Crippen LogP contribution in [-0.2, 0) is 6.42 Å². The zero-order valence-electron chi connectivity index (χ0n) is 11.5. The van der Waals surface area contributed by atoms with Crippen molar-refractivity contribution in [3.63, 3.8) is 0 Å². The molecule has 0 aromatic heterocycles. The molecule has 104 valence electrons. The first-order valence-corrected chi connectivity index (χ1v) is 8.02. The van der Waals surface area contributed by atoms with Gasteiger partial charge in [0.2, 0.25) is 0 Å². The van der Waals surface area contributed by atoms with Crippen LogP contribution >= 0.6 is 27.5 Å². The Balaban J connectivity index is 2.09. The molecule has 0 saturated carbocycles. The highest BCUT2D eigenvalue weighted by atomic mass is 79.9. The maximum Gasteiger partial charge on any atom is 0.127 e. The molecule has 0 aliphatic carbocycles. The van der Waals surface area contributed by atoms with E-state index in [4.69, 9.17) is 16.3 Å². The van der Waals surface area contributed by atoms with Crippen molar-refractivity contribution < 1.29 is 4.74 Å². The van der Waals surface area contributed by atoms with E-state index >= 15 is 0 Å². The monoisotopic (exact) mass is 350 g/mol. The average molecular weight is 352 g/mol. The molecule has 1 aliphatic rings. The lowest BCUT2D eigenvalue weighted by Crippen LogP contribution is -1.99. The molecule has 3 heteroatoms. The van der Waals surface area contributed by atoms with Gasteiger partial charge in [-0.15, -0.1) is 0 Å². The van der Waals surface area contributed by atoms with Crippen LogP contribution in [0.3, 0.4) is 0 Å². The number of hydrogen-bond donors (Lipinski definition) is 0. The van der Waals surface area contributed by atoms with Crippen LogP contribution < -0.4 is 4.74 Å². The first kappa shape index (κ1) is 14.0. The van der Waals surface area contributed by atoms with E-state index in [9.17, 15) is 0 Å². The van der Waals surface area contributed by atoms with Gasteiger partial charge in [0.15, 0.2) is 0 Å². The van der Waals surface area contributed by atoms with Gasteiger partial charge in [0.05, 0.1) is 11.4 Å². The zero-order valence-corrected chi connectivity index (χ0v) is 13.9. The summed E-state index contributed by atoms with van der Waals surface area (Å²) >= 11 is 10.1. The molecule has 0 bridgehead atoms. The van der Waals surface area contributed by atoms with Gasteiger partial charge < -0.3 is 4.74 Å². The average Bonchev–Trinajstić information content (AvgIpc) is 2.85. The number of aryl methyl sites for hydroxylation is 2. The summed E-state index contributed by atoms with van der Waals surface area (Å²) < 4.78 is 5.80. The molecule has 1 aliphatic heterocycles. The first-order chi connectivity index (χ1) is 9.56. The van der Waals surface area contributed by atoms with Gasteiger partial charge in [-0.3, -0.25) is 0 Å². The Morgan fingerprint density at radius 3 is 2.70 bits per heavy atom. The van der Waals surface area contributed by atoms with E-state index in [2.05, 4.69) is 48.0 Å². The van der Waals surface area contributed by atoms with Crippen molar-refractivity contribution >= 4 is 27.5 Å². The van der Waals surface area contributed by atoms with Crippen LogP contribution in [0.4, 0.5) is 0 Å². The minimum Gasteiger partial charge on any atom is -0.493 e. The van der Waals surface area contributed by atoms with Gasteiger partial charge in [-0.05, 0) is 42.7 Å². The van der Waals surface area contributed by atoms with Gasteiger partial charge in [0.1, 0.15) is 5.75 Å². The quantitative estimate of drug-likeness (QED) is 0.660. The second-order valence-corrected chi connectivity index (χ2v) is 6.66. The van der Waals surface area contributed by atoms with Crippen molar-refractivity contribution in [1.82, 2.24) is 0 Å². The van der Waals surface area contributed by atoms with Gasteiger partial charge in [0.25, 0.3) is 0 Å². The molecule has 0 N–H and O–H groups in total. The van der Waals surface area contributed by atoms with Crippen LogP contribution in [0.1, 0.15) is 32.6 Å². The first-order valence-electron chi connectivity index (χ1n) is 6.72. The lowest BCUT2D eigenvalue weighted by Gasteiger charge is -2.17. The van der Waals surface area contributed by atoms with E-state index in [-0.39, 0.29) is 4.83 Å². The number of fused-ring (bicyclic) bond motifs is 1. The molecule has 1 nitrogen and oxygen atoms in total. The van der Waals surface area contributed by atoms with Crippen LogP contribution in [0.2, 0.25) is 5.02 Å². The Morgan fingerprint density at radius 2 is 1.95 bits per heavy atom. The largest absolute Gasteiger partial charge is 0.493 e. The Labute approximate surface area is 133 Å². The third-order valence-electron chi connectivity index (χ3n) is 3.75. The maximum atomic E-state index is 6.25. The summed E-state index contributed by atoms with van der Waals surface area (Å²) in [6.07, 6.45) is 0.940. The number of benzene rings is 2. The molecule has 1 heterocycles. The summed E-state index contributed by atoms with van der Waals surface area (Å²) in [5.74, 6) is 0.997. The number of halogens is 2. The molecule has 0 spiro atoms. The van der Waals surface area contributed by atoms with E-state index in [1.807, 2.05) is 12.1 Å². The number of ether oxygens (including phenoxy) is 1. The minimum atomic E-state index is 0.105. The Bertz CT molecular complexity index is 666. The molecule has 2 aromatic rings. The van der Waals surface area contributed by atoms with E-state index in [0.29, 0.717) is 0 Å². The smallest absolute Gasteiger partial charge is 0.127 e. The summed E-state index contributed by atoms with van der Waals surface area (Å²) in [6, 6.07) is 10.5.